The molecule has 1 aromatic heterocycles. The number of aliphatic carboxylic acids is 1. The van der Waals surface area contributed by atoms with E-state index in [0.717, 1.165) is 30.4 Å². The predicted molar refractivity (Wildman–Crippen MR) is 109 cm³/mol. The van der Waals surface area contributed by atoms with Crippen LogP contribution < -0.4 is 5.32 Å². The van der Waals surface area contributed by atoms with E-state index in [-0.39, 0.29) is 35.2 Å². The number of hydrogen-bond acceptors (Lipinski definition) is 3. The van der Waals surface area contributed by atoms with Gasteiger partial charge in [0.15, 0.2) is 0 Å². The highest BCUT2D eigenvalue weighted by molar-refractivity contribution is 6.06. The van der Waals surface area contributed by atoms with Crippen LogP contribution in [-0.4, -0.2) is 32.8 Å². The zero-order valence-electron chi connectivity index (χ0n) is 17.2. The number of hydrogen-bond donors (Lipinski definition) is 2. The zero-order valence-corrected chi connectivity index (χ0v) is 17.2. The fraction of sp³-hybridized carbons (Fsp3) is 0.375. The number of para-hydroxylation sites is 1. The summed E-state index contributed by atoms with van der Waals surface area (Å²) < 4.78 is 40.1. The van der Waals surface area contributed by atoms with Crippen LogP contribution in [0.1, 0.15) is 34.3 Å². The first-order chi connectivity index (χ1) is 15.7. The highest BCUT2D eigenvalue weighted by Crippen LogP contribution is 3.17. The van der Waals surface area contributed by atoms with E-state index in [0.29, 0.717) is 16.6 Å². The van der Waals surface area contributed by atoms with E-state index in [1.807, 2.05) is 6.07 Å². The lowest BCUT2D eigenvalue weighted by Gasteiger charge is -2.61. The molecule has 5 atom stereocenters. The van der Waals surface area contributed by atoms with Crippen molar-refractivity contribution in [2.24, 2.45) is 22.2 Å². The van der Waals surface area contributed by atoms with Crippen LogP contribution in [-0.2, 0) is 17.5 Å². The average Bonchev–Trinajstić information content (AvgIpc) is 3.32. The van der Waals surface area contributed by atoms with Crippen LogP contribution in [0.4, 0.5) is 13.2 Å². The Hall–Kier alpha value is -3.36. The molecule has 2 aromatic carbocycles. The average molecular weight is 453 g/mol. The summed E-state index contributed by atoms with van der Waals surface area (Å²) in [5.74, 6) is -0.798. The van der Waals surface area contributed by atoms with E-state index in [4.69, 9.17) is 0 Å². The van der Waals surface area contributed by atoms with Gasteiger partial charge in [0, 0.05) is 16.8 Å². The third kappa shape index (κ3) is 1.93. The number of aromatic nitrogens is 2. The Morgan fingerprint density at radius 3 is 2.58 bits per heavy atom. The maximum atomic E-state index is 13.2. The second-order valence-corrected chi connectivity index (χ2v) is 9.88. The fourth-order valence-corrected chi connectivity index (χ4v) is 7.58. The number of rotatable bonds is 5. The quantitative estimate of drug-likeness (QED) is 0.617. The minimum absolute atomic E-state index is 0.124. The molecule has 2 spiro atoms. The molecule has 3 aromatic rings. The Balaban J connectivity index is 1.15. The van der Waals surface area contributed by atoms with Gasteiger partial charge in [-0.1, -0.05) is 24.3 Å². The van der Waals surface area contributed by atoms with E-state index in [2.05, 4.69) is 10.4 Å². The molecule has 0 radical (unpaired) electrons. The summed E-state index contributed by atoms with van der Waals surface area (Å²) in [4.78, 5) is 24.9. The van der Waals surface area contributed by atoms with Gasteiger partial charge in [0.05, 0.1) is 34.8 Å². The van der Waals surface area contributed by atoms with Crippen LogP contribution in [0.15, 0.2) is 48.7 Å². The van der Waals surface area contributed by atoms with Crippen molar-refractivity contribution in [2.75, 3.05) is 0 Å². The Morgan fingerprint density at radius 1 is 1.18 bits per heavy atom. The van der Waals surface area contributed by atoms with Crippen molar-refractivity contribution in [3.05, 3.63) is 65.4 Å². The lowest BCUT2D eigenvalue weighted by atomic mass is 9.42. The molecular formula is C24H18F3N3O3. The molecule has 3 unspecified atom stereocenters. The van der Waals surface area contributed by atoms with Crippen LogP contribution in [0, 0.1) is 22.2 Å². The molecule has 8 rings (SSSR count). The van der Waals surface area contributed by atoms with Gasteiger partial charge in [-0.25, -0.2) is 0 Å². The summed E-state index contributed by atoms with van der Waals surface area (Å²) in [7, 11) is 0. The second-order valence-electron chi connectivity index (χ2n) is 9.88. The number of nitrogens with zero attached hydrogens (tertiary/aromatic N) is 2. The largest absolute Gasteiger partial charge is 0.481 e. The molecule has 33 heavy (non-hydrogen) atoms. The molecule has 9 heteroatoms. The number of nitrogens with one attached hydrogen (secondary N) is 1. The van der Waals surface area contributed by atoms with Crippen LogP contribution in [0.2, 0.25) is 0 Å². The fourth-order valence-electron chi connectivity index (χ4n) is 7.58. The number of benzene rings is 2. The van der Waals surface area contributed by atoms with Gasteiger partial charge in [-0.05, 0) is 47.9 Å². The molecule has 0 saturated heterocycles. The van der Waals surface area contributed by atoms with Gasteiger partial charge >= 0.3 is 12.1 Å². The van der Waals surface area contributed by atoms with Crippen molar-refractivity contribution >= 4 is 22.8 Å². The third-order valence-corrected chi connectivity index (χ3v) is 8.82. The molecule has 0 aliphatic heterocycles. The summed E-state index contributed by atoms with van der Waals surface area (Å²) in [5.41, 5.74) is 0.262. The van der Waals surface area contributed by atoms with Crippen LogP contribution in [0.25, 0.3) is 10.9 Å². The number of fused-ring (bicyclic) bond motifs is 1. The highest BCUT2D eigenvalue weighted by Gasteiger charge is 3.19. The first-order valence-electron chi connectivity index (χ1n) is 10.8. The molecule has 1 heterocycles. The second kappa shape index (κ2) is 5.40. The molecule has 5 fully saturated rings. The van der Waals surface area contributed by atoms with Crippen molar-refractivity contribution in [3.63, 3.8) is 0 Å². The summed E-state index contributed by atoms with van der Waals surface area (Å²) >= 11 is 0. The van der Waals surface area contributed by atoms with Crippen molar-refractivity contribution < 1.29 is 27.9 Å². The van der Waals surface area contributed by atoms with E-state index < -0.39 is 23.1 Å². The number of carboxylic acid groups (broad SMARTS) is 1. The topological polar surface area (TPSA) is 84.2 Å². The molecule has 5 aliphatic carbocycles. The zero-order chi connectivity index (χ0) is 23.0. The summed E-state index contributed by atoms with van der Waals surface area (Å²) in [6, 6.07) is 10.0. The van der Waals surface area contributed by atoms with Crippen molar-refractivity contribution in [1.29, 1.82) is 0 Å². The molecular weight excluding hydrogens is 435 g/mol. The predicted octanol–water partition coefficient (Wildman–Crippen LogP) is 3.70. The molecule has 5 saturated carbocycles. The van der Waals surface area contributed by atoms with E-state index in [1.165, 1.54) is 12.1 Å². The minimum Gasteiger partial charge on any atom is -0.481 e. The Labute approximate surface area is 185 Å². The minimum atomic E-state index is -4.40. The Kier molecular flexibility index (Phi) is 3.13. The monoisotopic (exact) mass is 453 g/mol. The summed E-state index contributed by atoms with van der Waals surface area (Å²) in [6.07, 6.45) is -1.20. The number of carbonyl (C=O) groups is 2. The van der Waals surface area contributed by atoms with Gasteiger partial charge in [0.1, 0.15) is 0 Å². The Morgan fingerprint density at radius 2 is 1.94 bits per heavy atom. The lowest BCUT2D eigenvalue weighted by Crippen LogP contribution is -2.67. The molecule has 168 valence electrons. The standard InChI is InChI=1S/C24H18F3N3O3/c25-24(26,27)14-6-4-12(5-7-14)10-30-17-13(9-28-30)2-1-3-15(17)18(31)29-16-8-21-11-22(20(32)33)19(21)23(16,21)22/h1-7,9,16,19H,8,10-11H2,(H,29,31)(H,32,33)/t16?,19-,21?,22?,23+/m1/s1. The van der Waals surface area contributed by atoms with Gasteiger partial charge in [-0.3, -0.25) is 14.3 Å². The lowest BCUT2D eigenvalue weighted by molar-refractivity contribution is -0.187. The maximum Gasteiger partial charge on any atom is 0.416 e. The summed E-state index contributed by atoms with van der Waals surface area (Å²) in [5, 5.41) is 17.8. The van der Waals surface area contributed by atoms with E-state index >= 15 is 0 Å². The van der Waals surface area contributed by atoms with E-state index in [9.17, 15) is 27.9 Å². The van der Waals surface area contributed by atoms with Crippen molar-refractivity contribution in [2.45, 2.75) is 31.6 Å². The van der Waals surface area contributed by atoms with Gasteiger partial charge in [-0.2, -0.15) is 18.3 Å². The summed E-state index contributed by atoms with van der Waals surface area (Å²) in [6.45, 7) is 0.215. The van der Waals surface area contributed by atoms with Crippen LogP contribution in [0.3, 0.4) is 0 Å². The van der Waals surface area contributed by atoms with Crippen LogP contribution >= 0.6 is 0 Å². The first kappa shape index (κ1) is 19.1. The first-order valence-corrected chi connectivity index (χ1v) is 10.8. The number of halogens is 3. The van der Waals surface area contributed by atoms with Crippen molar-refractivity contribution in [1.82, 2.24) is 15.1 Å². The molecule has 2 N–H and O–H groups in total. The smallest absolute Gasteiger partial charge is 0.416 e. The Bertz CT molecular complexity index is 1400. The number of carboxylic acids is 1. The SMILES string of the molecule is O=C(NC1CC23CC4(C(=O)O)[C@@H]2[C@@]134)c1cccc2cnn(Cc3ccc(C(F)(F)F)cc3)c12. The number of amides is 1. The molecule has 2 bridgehead atoms. The molecule has 5 aliphatic rings. The van der Waals surface area contributed by atoms with Gasteiger partial charge in [-0.15, -0.1) is 0 Å². The third-order valence-electron chi connectivity index (χ3n) is 8.82. The molecule has 6 nitrogen and oxygen atoms in total. The van der Waals surface area contributed by atoms with Crippen molar-refractivity contribution in [3.8, 4) is 0 Å². The van der Waals surface area contributed by atoms with E-state index in [1.54, 1.807) is 23.0 Å². The highest BCUT2D eigenvalue weighted by atomic mass is 19.4. The van der Waals surface area contributed by atoms with Crippen LogP contribution in [0.5, 0.6) is 0 Å². The number of carbonyl (C=O) groups excluding carboxylic acids is 1. The maximum absolute atomic E-state index is 13.2. The number of alkyl halides is 3. The van der Waals surface area contributed by atoms with Gasteiger partial charge in [0.25, 0.3) is 5.91 Å². The van der Waals surface area contributed by atoms with Gasteiger partial charge in [0.2, 0.25) is 0 Å². The molecule has 1 amide bonds. The van der Waals surface area contributed by atoms with Gasteiger partial charge < -0.3 is 10.4 Å². The normalized spacial score (nSPS) is 34.5.